The standard InChI is InChI=1S/C10H11N3O3/c1-5-8(6(2)12-11-5)3-7-4-9(10(14)15)13-16-7/h4H,3H2,1-2H3,(H,11,12)(H,14,15). The van der Waals surface area contributed by atoms with E-state index in [1.807, 2.05) is 13.8 Å². The molecule has 0 amide bonds. The Morgan fingerprint density at radius 1 is 1.56 bits per heavy atom. The van der Waals surface area contributed by atoms with Crippen LogP contribution in [0.2, 0.25) is 0 Å². The summed E-state index contributed by atoms with van der Waals surface area (Å²) >= 11 is 0. The van der Waals surface area contributed by atoms with Crippen molar-refractivity contribution in [3.63, 3.8) is 0 Å². The Morgan fingerprint density at radius 2 is 2.31 bits per heavy atom. The highest BCUT2D eigenvalue weighted by atomic mass is 16.5. The van der Waals surface area contributed by atoms with Crippen LogP contribution in [0.5, 0.6) is 0 Å². The third-order valence-corrected chi connectivity index (χ3v) is 2.41. The van der Waals surface area contributed by atoms with Gasteiger partial charge in [-0.05, 0) is 13.8 Å². The molecule has 2 heterocycles. The van der Waals surface area contributed by atoms with Gasteiger partial charge in [-0.1, -0.05) is 5.16 Å². The molecule has 2 aromatic heterocycles. The van der Waals surface area contributed by atoms with Gasteiger partial charge in [0.25, 0.3) is 0 Å². The molecule has 0 fully saturated rings. The highest BCUT2D eigenvalue weighted by molar-refractivity contribution is 5.85. The second-order valence-corrected chi connectivity index (χ2v) is 3.57. The molecule has 0 radical (unpaired) electrons. The van der Waals surface area contributed by atoms with E-state index in [9.17, 15) is 4.79 Å². The van der Waals surface area contributed by atoms with E-state index in [4.69, 9.17) is 9.63 Å². The number of aromatic amines is 1. The quantitative estimate of drug-likeness (QED) is 0.815. The lowest BCUT2D eigenvalue weighted by Crippen LogP contribution is -1.95. The predicted octanol–water partition coefficient (Wildman–Crippen LogP) is 1.30. The molecule has 0 saturated carbocycles. The average molecular weight is 221 g/mol. The van der Waals surface area contributed by atoms with Crippen molar-refractivity contribution in [2.24, 2.45) is 0 Å². The van der Waals surface area contributed by atoms with Gasteiger partial charge in [0.05, 0.1) is 5.69 Å². The molecule has 2 rings (SSSR count). The normalized spacial score (nSPS) is 10.6. The fourth-order valence-corrected chi connectivity index (χ4v) is 1.51. The number of carboxylic acids is 1. The molecule has 0 spiro atoms. The van der Waals surface area contributed by atoms with Gasteiger partial charge in [-0.25, -0.2) is 4.79 Å². The van der Waals surface area contributed by atoms with Crippen LogP contribution >= 0.6 is 0 Å². The molecule has 0 aliphatic rings. The summed E-state index contributed by atoms with van der Waals surface area (Å²) in [4.78, 5) is 10.6. The Balaban J connectivity index is 2.24. The average Bonchev–Trinajstić information content (AvgIpc) is 2.80. The van der Waals surface area contributed by atoms with E-state index in [1.54, 1.807) is 0 Å². The number of aromatic carboxylic acids is 1. The third kappa shape index (κ3) is 1.81. The van der Waals surface area contributed by atoms with Crippen LogP contribution in [0, 0.1) is 13.8 Å². The molecule has 16 heavy (non-hydrogen) atoms. The Hall–Kier alpha value is -2.11. The lowest BCUT2D eigenvalue weighted by molar-refractivity contribution is 0.0685. The number of rotatable bonds is 3. The van der Waals surface area contributed by atoms with Crippen molar-refractivity contribution < 1.29 is 14.4 Å². The van der Waals surface area contributed by atoms with Crippen LogP contribution in [0.4, 0.5) is 0 Å². The topological polar surface area (TPSA) is 92.0 Å². The summed E-state index contributed by atoms with van der Waals surface area (Å²) in [5.74, 6) is -0.569. The van der Waals surface area contributed by atoms with Gasteiger partial charge >= 0.3 is 5.97 Å². The number of aryl methyl sites for hydroxylation is 2. The second-order valence-electron chi connectivity index (χ2n) is 3.57. The molecule has 0 aliphatic carbocycles. The van der Waals surface area contributed by atoms with E-state index < -0.39 is 5.97 Å². The lowest BCUT2D eigenvalue weighted by Gasteiger charge is -1.95. The molecule has 0 atom stereocenters. The molecular formula is C10H11N3O3. The van der Waals surface area contributed by atoms with Gasteiger partial charge < -0.3 is 9.63 Å². The summed E-state index contributed by atoms with van der Waals surface area (Å²) in [6.07, 6.45) is 0.494. The first kappa shape index (κ1) is 10.4. The number of carbonyl (C=O) groups is 1. The molecule has 2 N–H and O–H groups in total. The van der Waals surface area contributed by atoms with Crippen molar-refractivity contribution in [1.29, 1.82) is 0 Å². The number of nitrogens with one attached hydrogen (secondary N) is 1. The minimum absolute atomic E-state index is 0.0752. The van der Waals surface area contributed by atoms with Gasteiger partial charge in [0, 0.05) is 23.7 Å². The van der Waals surface area contributed by atoms with Crippen LogP contribution in [-0.2, 0) is 6.42 Å². The van der Waals surface area contributed by atoms with Gasteiger partial charge in [0.15, 0.2) is 5.69 Å². The summed E-state index contributed by atoms with van der Waals surface area (Å²) in [5, 5.41) is 19.1. The first-order chi connectivity index (χ1) is 7.58. The van der Waals surface area contributed by atoms with E-state index in [0.717, 1.165) is 17.0 Å². The SMILES string of the molecule is Cc1n[nH]c(C)c1Cc1cc(C(=O)O)no1. The van der Waals surface area contributed by atoms with Crippen LogP contribution < -0.4 is 0 Å². The Bertz CT molecular complexity index is 508. The van der Waals surface area contributed by atoms with E-state index in [2.05, 4.69) is 15.4 Å². The maximum atomic E-state index is 10.6. The van der Waals surface area contributed by atoms with Crippen molar-refractivity contribution in [3.8, 4) is 0 Å². The minimum atomic E-state index is -1.09. The van der Waals surface area contributed by atoms with Gasteiger partial charge in [-0.15, -0.1) is 0 Å². The molecule has 0 bridgehead atoms. The largest absolute Gasteiger partial charge is 0.476 e. The molecule has 0 aromatic carbocycles. The molecule has 0 saturated heterocycles. The van der Waals surface area contributed by atoms with Crippen LogP contribution in [0.3, 0.4) is 0 Å². The van der Waals surface area contributed by atoms with Crippen molar-refractivity contribution in [2.75, 3.05) is 0 Å². The molecule has 2 aromatic rings. The molecule has 6 nitrogen and oxygen atoms in total. The lowest BCUT2D eigenvalue weighted by atomic mass is 10.1. The highest BCUT2D eigenvalue weighted by Gasteiger charge is 2.14. The first-order valence-corrected chi connectivity index (χ1v) is 4.77. The van der Waals surface area contributed by atoms with Gasteiger partial charge in [0.1, 0.15) is 5.76 Å². The zero-order chi connectivity index (χ0) is 11.7. The van der Waals surface area contributed by atoms with Crippen LogP contribution in [0.25, 0.3) is 0 Å². The zero-order valence-electron chi connectivity index (χ0n) is 8.94. The Kier molecular flexibility index (Phi) is 2.47. The van der Waals surface area contributed by atoms with Crippen LogP contribution in [-0.4, -0.2) is 26.4 Å². The zero-order valence-corrected chi connectivity index (χ0v) is 8.94. The van der Waals surface area contributed by atoms with Crippen molar-refractivity contribution >= 4 is 5.97 Å². The van der Waals surface area contributed by atoms with E-state index in [0.29, 0.717) is 12.2 Å². The van der Waals surface area contributed by atoms with Crippen LogP contribution in [0.15, 0.2) is 10.6 Å². The molecule has 0 aliphatic heterocycles. The predicted molar refractivity (Wildman–Crippen MR) is 54.3 cm³/mol. The number of hydrogen-bond acceptors (Lipinski definition) is 4. The molecular weight excluding hydrogens is 210 g/mol. The summed E-state index contributed by atoms with van der Waals surface area (Å²) in [5.41, 5.74) is 2.76. The Labute approximate surface area is 91.3 Å². The number of nitrogens with zero attached hydrogens (tertiary/aromatic N) is 2. The summed E-state index contributed by atoms with van der Waals surface area (Å²) < 4.78 is 4.94. The summed E-state index contributed by atoms with van der Waals surface area (Å²) in [6.45, 7) is 3.79. The van der Waals surface area contributed by atoms with Crippen molar-refractivity contribution in [3.05, 3.63) is 34.5 Å². The molecule has 84 valence electrons. The fraction of sp³-hybridized carbons (Fsp3) is 0.300. The second kappa shape index (κ2) is 3.80. The van der Waals surface area contributed by atoms with E-state index >= 15 is 0 Å². The van der Waals surface area contributed by atoms with Crippen molar-refractivity contribution in [2.45, 2.75) is 20.3 Å². The smallest absolute Gasteiger partial charge is 0.358 e. The maximum absolute atomic E-state index is 10.6. The van der Waals surface area contributed by atoms with Gasteiger partial charge in [-0.3, -0.25) is 5.10 Å². The molecule has 0 unspecified atom stereocenters. The first-order valence-electron chi connectivity index (χ1n) is 4.77. The monoisotopic (exact) mass is 221 g/mol. The van der Waals surface area contributed by atoms with Gasteiger partial charge in [-0.2, -0.15) is 5.10 Å². The van der Waals surface area contributed by atoms with Gasteiger partial charge in [0.2, 0.25) is 0 Å². The number of carboxylic acid groups (broad SMARTS) is 1. The highest BCUT2D eigenvalue weighted by Crippen LogP contribution is 2.16. The minimum Gasteiger partial charge on any atom is -0.476 e. The van der Waals surface area contributed by atoms with E-state index in [1.165, 1.54) is 6.07 Å². The number of hydrogen-bond donors (Lipinski definition) is 2. The molecule has 6 heteroatoms. The summed E-state index contributed by atoms with van der Waals surface area (Å²) in [6, 6.07) is 1.42. The summed E-state index contributed by atoms with van der Waals surface area (Å²) in [7, 11) is 0. The number of H-pyrrole nitrogens is 1. The van der Waals surface area contributed by atoms with Crippen LogP contribution in [0.1, 0.15) is 33.2 Å². The Morgan fingerprint density at radius 3 is 2.81 bits per heavy atom. The maximum Gasteiger partial charge on any atom is 0.358 e. The van der Waals surface area contributed by atoms with Crippen molar-refractivity contribution in [1.82, 2.24) is 15.4 Å². The third-order valence-electron chi connectivity index (χ3n) is 2.41. The van der Waals surface area contributed by atoms with E-state index in [-0.39, 0.29) is 5.69 Å². The fourth-order valence-electron chi connectivity index (χ4n) is 1.51. The number of aromatic nitrogens is 3.